The standard InChI is InChI=1S/2C21H38N2O12.C20H36N2O13/c2*1-12(2)8-21(19(29)30)9-13(25)16(18(35-21)17(28)14(26)11-24)23-15(27)10-22-20(31)34-7-6-33-5-4-32-3;1-11(2)34-20(18(28)29)8-12(24)15(17(35-20)16(27)13(25)10-23)22-14(26)9-21-19(30)33-7-6-32-5-4-31-3/h2*12-14,16-18,24-26,28H,4-11H2,1-3H3,(H,22,31)(H,23,27)(H,29,30);11-13,15-17,23-25,27H,4-10H2,1-3H3,(H,21,30)(H,22,26)(H,28,29). The monoisotopic (exact) mass is 1530 g/mol. The molecule has 0 spiro atoms. The van der Waals surface area contributed by atoms with Crippen LogP contribution in [-0.2, 0) is 90.3 Å². The molecule has 0 aromatic heterocycles. The predicted octanol–water partition coefficient (Wildman–Crippen LogP) is -7.88. The topological polar surface area (TPSA) is 649 Å². The maximum absolute atomic E-state index is 12.4. The van der Waals surface area contributed by atoms with Crippen molar-refractivity contribution >= 4 is 53.9 Å². The molecule has 6 amide bonds. The molecule has 0 aromatic rings. The molecule has 43 nitrogen and oxygen atoms in total. The van der Waals surface area contributed by atoms with E-state index in [1.165, 1.54) is 35.2 Å². The van der Waals surface area contributed by atoms with E-state index in [2.05, 4.69) is 31.9 Å². The first-order valence-corrected chi connectivity index (χ1v) is 33.6. The van der Waals surface area contributed by atoms with Gasteiger partial charge in [-0.15, -0.1) is 0 Å². The van der Waals surface area contributed by atoms with Crippen LogP contribution in [0.4, 0.5) is 14.4 Å². The molecule has 0 saturated carbocycles. The molecule has 21 N–H and O–H groups in total. The van der Waals surface area contributed by atoms with Crippen molar-refractivity contribution < 1.29 is 181 Å². The first-order valence-electron chi connectivity index (χ1n) is 33.6. The van der Waals surface area contributed by atoms with E-state index in [-0.39, 0.29) is 64.3 Å². The number of methoxy groups -OCH3 is 3. The Morgan fingerprint density at radius 2 is 0.686 bits per heavy atom. The van der Waals surface area contributed by atoms with Gasteiger partial charge >= 0.3 is 36.2 Å². The minimum Gasteiger partial charge on any atom is -0.479 e. The van der Waals surface area contributed by atoms with Crippen LogP contribution in [0.15, 0.2) is 0 Å². The van der Waals surface area contributed by atoms with Gasteiger partial charge in [0.2, 0.25) is 17.7 Å². The zero-order chi connectivity index (χ0) is 79.8. The Kier molecular flexibility index (Phi) is 46.4. The smallest absolute Gasteiger partial charge is 0.407 e. The number of hydrogen-bond acceptors (Lipinski definition) is 34. The number of ether oxygens (including phenoxy) is 13. The molecule has 0 radical (unpaired) electrons. The predicted molar refractivity (Wildman–Crippen MR) is 352 cm³/mol. The molecule has 3 saturated heterocycles. The van der Waals surface area contributed by atoms with E-state index in [4.69, 9.17) is 61.6 Å². The van der Waals surface area contributed by atoms with Crippen LogP contribution in [0, 0.1) is 11.8 Å². The van der Waals surface area contributed by atoms with Gasteiger partial charge in [-0.05, 0) is 38.5 Å². The van der Waals surface area contributed by atoms with Crippen LogP contribution in [0.2, 0.25) is 0 Å². The third-order valence-corrected chi connectivity index (χ3v) is 15.5. The molecule has 18 atom stereocenters. The zero-order valence-electron chi connectivity index (χ0n) is 60.3. The number of carboxylic acid groups (broad SMARTS) is 3. The minimum atomic E-state index is -2.39. The van der Waals surface area contributed by atoms with Crippen LogP contribution in [0.1, 0.15) is 73.6 Å². The van der Waals surface area contributed by atoms with Crippen molar-refractivity contribution in [3.8, 4) is 0 Å². The summed E-state index contributed by atoms with van der Waals surface area (Å²) in [5, 5.41) is 164. The van der Waals surface area contributed by atoms with E-state index >= 15 is 0 Å². The van der Waals surface area contributed by atoms with E-state index < -0.39 is 227 Å². The van der Waals surface area contributed by atoms with Gasteiger partial charge in [-0.25, -0.2) is 28.8 Å². The van der Waals surface area contributed by atoms with Crippen molar-refractivity contribution in [1.82, 2.24) is 31.9 Å². The lowest BCUT2D eigenvalue weighted by Gasteiger charge is -2.47. The summed E-state index contributed by atoms with van der Waals surface area (Å²) in [4.78, 5) is 108. The third-order valence-electron chi connectivity index (χ3n) is 15.5. The highest BCUT2D eigenvalue weighted by atomic mass is 16.7. The third kappa shape index (κ3) is 34.3. The van der Waals surface area contributed by atoms with Gasteiger partial charge in [0, 0.05) is 40.6 Å². The number of carboxylic acids is 3. The number of aliphatic hydroxyl groups is 12. The Bertz CT molecular complexity index is 2300. The normalized spacial score (nSPS) is 26.1. The molecule has 3 rings (SSSR count). The molecule has 43 heteroatoms. The Morgan fingerprint density at radius 1 is 0.410 bits per heavy atom. The Labute approximate surface area is 605 Å². The quantitative estimate of drug-likeness (QED) is 0.0199. The zero-order valence-corrected chi connectivity index (χ0v) is 60.3. The highest BCUT2D eigenvalue weighted by Crippen LogP contribution is 2.39. The van der Waals surface area contributed by atoms with Crippen molar-refractivity contribution in [2.24, 2.45) is 11.8 Å². The fourth-order valence-corrected chi connectivity index (χ4v) is 10.8. The molecular weight excluding hydrogens is 1420 g/mol. The maximum atomic E-state index is 12.4. The molecule has 0 bridgehead atoms. The molecule has 0 aromatic carbocycles. The Balaban J connectivity index is 0.000000787. The number of nitrogens with one attached hydrogen (secondary N) is 6. The number of hydrogen-bond donors (Lipinski definition) is 21. The number of carbonyl (C=O) groups excluding carboxylic acids is 6. The van der Waals surface area contributed by atoms with Gasteiger partial charge in [-0.3, -0.25) is 14.4 Å². The van der Waals surface area contributed by atoms with Crippen molar-refractivity contribution in [3.63, 3.8) is 0 Å². The largest absolute Gasteiger partial charge is 0.479 e. The van der Waals surface area contributed by atoms with Crippen LogP contribution in [0.3, 0.4) is 0 Å². The number of aliphatic hydroxyl groups excluding tert-OH is 12. The average Bonchev–Trinajstić information content (AvgIpc) is 0.782. The fraction of sp³-hybridized carbons (Fsp3) is 0.855. The van der Waals surface area contributed by atoms with Crippen LogP contribution >= 0.6 is 0 Å². The van der Waals surface area contributed by atoms with Crippen LogP contribution in [-0.4, -0.2) is 385 Å². The second-order valence-corrected chi connectivity index (χ2v) is 25.4. The molecule has 18 unspecified atom stereocenters. The highest BCUT2D eigenvalue weighted by Gasteiger charge is 2.58. The van der Waals surface area contributed by atoms with E-state index in [0.29, 0.717) is 39.6 Å². The van der Waals surface area contributed by atoms with Crippen LogP contribution < -0.4 is 31.9 Å². The summed E-state index contributed by atoms with van der Waals surface area (Å²) in [5.41, 5.74) is -3.77. The highest BCUT2D eigenvalue weighted by molar-refractivity contribution is 5.84. The summed E-state index contributed by atoms with van der Waals surface area (Å²) in [5.74, 6) is -9.49. The Morgan fingerprint density at radius 3 is 0.933 bits per heavy atom. The summed E-state index contributed by atoms with van der Waals surface area (Å²) in [6.07, 6.45) is -25.1. The minimum absolute atomic E-state index is 0.0128. The van der Waals surface area contributed by atoms with Crippen molar-refractivity contribution in [3.05, 3.63) is 0 Å². The van der Waals surface area contributed by atoms with E-state index in [9.17, 15) is 120 Å². The van der Waals surface area contributed by atoms with Gasteiger partial charge < -0.3 is 170 Å². The van der Waals surface area contributed by atoms with Gasteiger partial charge in [0.15, 0.2) is 11.2 Å². The Hall–Kier alpha value is -6.25. The van der Waals surface area contributed by atoms with E-state index in [0.717, 1.165) is 0 Å². The molecule has 0 aliphatic carbocycles. The van der Waals surface area contributed by atoms with Gasteiger partial charge in [0.05, 0.1) is 122 Å². The second kappa shape index (κ2) is 50.4. The lowest BCUT2D eigenvalue weighted by atomic mass is 9.79. The summed E-state index contributed by atoms with van der Waals surface area (Å²) >= 11 is 0. The molecule has 3 heterocycles. The summed E-state index contributed by atoms with van der Waals surface area (Å²) in [7, 11) is 4.54. The van der Waals surface area contributed by atoms with E-state index in [1.807, 2.05) is 0 Å². The summed E-state index contributed by atoms with van der Waals surface area (Å²) in [6.45, 7) is 7.98. The van der Waals surface area contributed by atoms with Crippen LogP contribution in [0.5, 0.6) is 0 Å². The van der Waals surface area contributed by atoms with Gasteiger partial charge in [0.25, 0.3) is 5.79 Å². The second-order valence-electron chi connectivity index (χ2n) is 25.4. The number of rotatable bonds is 45. The van der Waals surface area contributed by atoms with Gasteiger partial charge in [-0.2, -0.15) is 0 Å². The van der Waals surface area contributed by atoms with Crippen molar-refractivity contribution in [2.75, 3.05) is 140 Å². The molecule has 3 fully saturated rings. The molecular formula is C62H112N6O37. The molecule has 3 aliphatic heterocycles. The maximum Gasteiger partial charge on any atom is 0.407 e. The fourth-order valence-electron chi connectivity index (χ4n) is 10.8. The van der Waals surface area contributed by atoms with Crippen molar-refractivity contribution in [2.45, 2.75) is 188 Å². The average molecular weight is 1530 g/mol. The van der Waals surface area contributed by atoms with Crippen LogP contribution in [0.25, 0.3) is 0 Å². The molecule has 3 aliphatic rings. The number of aliphatic carboxylic acids is 3. The van der Waals surface area contributed by atoms with Gasteiger partial charge in [0.1, 0.15) is 94.4 Å². The first kappa shape index (κ1) is 96.8. The lowest BCUT2D eigenvalue weighted by molar-refractivity contribution is -0.319. The van der Waals surface area contributed by atoms with Crippen molar-refractivity contribution in [1.29, 1.82) is 0 Å². The van der Waals surface area contributed by atoms with Gasteiger partial charge in [-0.1, -0.05) is 27.7 Å². The van der Waals surface area contributed by atoms with E-state index in [1.54, 1.807) is 27.7 Å². The number of carbonyl (C=O) groups is 9. The first-order chi connectivity index (χ1) is 49.4. The summed E-state index contributed by atoms with van der Waals surface area (Å²) in [6, 6.07) is -4.11. The summed E-state index contributed by atoms with van der Waals surface area (Å²) < 4.78 is 66.5. The SMILES string of the molecule is COCCOCCOC(=O)NCC(=O)NC1C(O)CC(CC(C)C)(C(=O)O)OC1C(O)C(O)CO.COCCOCCOC(=O)NCC(=O)NC1C(O)CC(CC(C)C)(C(=O)O)OC1C(O)C(O)CO.COCCOCCOC(=O)NCC(=O)NC1C(O)CC(OC(C)C)(C(=O)O)OC1C(O)C(O)CO. The number of alkyl carbamates (subject to hydrolysis) is 3. The molecule has 105 heavy (non-hydrogen) atoms. The number of amides is 6. The molecule has 612 valence electrons. The lowest BCUT2D eigenvalue weighted by Crippen LogP contribution is -2.68.